The van der Waals surface area contributed by atoms with E-state index >= 15 is 0 Å². The number of benzene rings is 2. The Morgan fingerprint density at radius 2 is 2.03 bits per heavy atom. The second-order valence-corrected chi connectivity index (χ2v) is 7.90. The van der Waals surface area contributed by atoms with Crippen LogP contribution in [0.4, 0.5) is 5.13 Å². The van der Waals surface area contributed by atoms with Crippen LogP contribution in [-0.4, -0.2) is 23.0 Å². The lowest BCUT2D eigenvalue weighted by atomic mass is 10.2. The number of amides is 1. The average molecular weight is 424 g/mol. The fourth-order valence-electron chi connectivity index (χ4n) is 3.04. The number of nitrogens with zero attached hydrogens (tertiary/aromatic N) is 3. The number of anilines is 1. The first-order valence-corrected chi connectivity index (χ1v) is 10.2. The Balaban J connectivity index is 1.83. The fourth-order valence-corrected chi connectivity index (χ4v) is 4.28. The Bertz CT molecular complexity index is 1180. The summed E-state index contributed by atoms with van der Waals surface area (Å²) in [6.07, 6.45) is 1.71. The van der Waals surface area contributed by atoms with E-state index in [4.69, 9.17) is 21.3 Å². The number of fused-ring (bicyclic) bond motifs is 1. The summed E-state index contributed by atoms with van der Waals surface area (Å²) in [6.45, 7) is 2.32. The van der Waals surface area contributed by atoms with Crippen LogP contribution < -0.4 is 9.64 Å². The predicted octanol–water partition coefficient (Wildman–Crippen LogP) is 5.51. The van der Waals surface area contributed by atoms with E-state index in [9.17, 15) is 4.79 Å². The lowest BCUT2D eigenvalue weighted by Crippen LogP contribution is -2.30. The summed E-state index contributed by atoms with van der Waals surface area (Å²) in [7, 11) is 1.62. The van der Waals surface area contributed by atoms with E-state index in [1.54, 1.807) is 42.5 Å². The number of pyridine rings is 1. The van der Waals surface area contributed by atoms with Crippen molar-refractivity contribution in [2.24, 2.45) is 0 Å². The number of aryl methyl sites for hydroxylation is 1. The number of methoxy groups -OCH3 is 1. The van der Waals surface area contributed by atoms with Gasteiger partial charge in [-0.3, -0.25) is 14.7 Å². The van der Waals surface area contributed by atoms with Gasteiger partial charge in [0.05, 0.1) is 24.0 Å². The minimum Gasteiger partial charge on any atom is -0.494 e. The molecule has 2 aromatic heterocycles. The molecular weight excluding hydrogens is 406 g/mol. The largest absolute Gasteiger partial charge is 0.494 e. The van der Waals surface area contributed by atoms with Crippen LogP contribution in [0.5, 0.6) is 5.75 Å². The number of hydrogen-bond donors (Lipinski definition) is 0. The van der Waals surface area contributed by atoms with Crippen LogP contribution in [0.1, 0.15) is 21.6 Å². The highest BCUT2D eigenvalue weighted by Crippen LogP contribution is 2.37. The lowest BCUT2D eigenvalue weighted by molar-refractivity contribution is 0.0985. The maximum absolute atomic E-state index is 13.4. The number of halogens is 1. The van der Waals surface area contributed by atoms with Gasteiger partial charge in [-0.25, -0.2) is 4.98 Å². The molecular formula is C22H18ClN3O2S. The van der Waals surface area contributed by atoms with Crippen LogP contribution in [0.15, 0.2) is 60.8 Å². The molecule has 1 amide bonds. The van der Waals surface area contributed by atoms with E-state index in [0.29, 0.717) is 28.0 Å². The van der Waals surface area contributed by atoms with Crippen LogP contribution in [0, 0.1) is 6.92 Å². The first-order valence-electron chi connectivity index (χ1n) is 8.98. The summed E-state index contributed by atoms with van der Waals surface area (Å²) in [5.74, 6) is 0.495. The second kappa shape index (κ2) is 8.19. The highest BCUT2D eigenvalue weighted by Gasteiger charge is 2.23. The summed E-state index contributed by atoms with van der Waals surface area (Å²) >= 11 is 7.57. The van der Waals surface area contributed by atoms with Crippen LogP contribution >= 0.6 is 22.9 Å². The van der Waals surface area contributed by atoms with Crippen molar-refractivity contribution in [1.29, 1.82) is 0 Å². The summed E-state index contributed by atoms with van der Waals surface area (Å²) in [5, 5.41) is 1.10. The number of aromatic nitrogens is 2. The van der Waals surface area contributed by atoms with Gasteiger partial charge in [-0.05, 0) is 48.9 Å². The van der Waals surface area contributed by atoms with Gasteiger partial charge in [-0.2, -0.15) is 0 Å². The molecule has 0 aliphatic heterocycles. The maximum atomic E-state index is 13.4. The first-order chi connectivity index (χ1) is 14.1. The molecule has 4 aromatic rings. The molecule has 0 unspecified atom stereocenters. The molecule has 0 aliphatic carbocycles. The first kappa shape index (κ1) is 19.4. The zero-order valence-corrected chi connectivity index (χ0v) is 17.5. The van der Waals surface area contributed by atoms with Crippen LogP contribution in [0.25, 0.3) is 10.2 Å². The molecule has 5 nitrogen and oxygen atoms in total. The van der Waals surface area contributed by atoms with E-state index in [-0.39, 0.29) is 5.91 Å². The van der Waals surface area contributed by atoms with Crippen LogP contribution in [0.2, 0.25) is 5.02 Å². The molecule has 0 saturated carbocycles. The Morgan fingerprint density at radius 1 is 1.17 bits per heavy atom. The van der Waals surface area contributed by atoms with Gasteiger partial charge in [-0.1, -0.05) is 41.1 Å². The van der Waals surface area contributed by atoms with Gasteiger partial charge in [0.2, 0.25) is 0 Å². The van der Waals surface area contributed by atoms with Gasteiger partial charge in [0.15, 0.2) is 5.13 Å². The van der Waals surface area contributed by atoms with Crippen molar-refractivity contribution in [2.75, 3.05) is 12.0 Å². The van der Waals surface area contributed by atoms with Gasteiger partial charge >= 0.3 is 0 Å². The van der Waals surface area contributed by atoms with Gasteiger partial charge in [-0.15, -0.1) is 0 Å². The fraction of sp³-hybridized carbons (Fsp3) is 0.136. The van der Waals surface area contributed by atoms with Crippen molar-refractivity contribution in [1.82, 2.24) is 9.97 Å². The lowest BCUT2D eigenvalue weighted by Gasteiger charge is -2.19. The minimum atomic E-state index is -0.186. The minimum absolute atomic E-state index is 0.186. The molecule has 0 spiro atoms. The maximum Gasteiger partial charge on any atom is 0.260 e. The van der Waals surface area contributed by atoms with Gasteiger partial charge in [0.25, 0.3) is 5.91 Å². The molecule has 2 aromatic carbocycles. The third-order valence-electron chi connectivity index (χ3n) is 4.51. The van der Waals surface area contributed by atoms with E-state index in [2.05, 4.69) is 4.98 Å². The number of hydrogen-bond acceptors (Lipinski definition) is 5. The molecule has 0 N–H and O–H groups in total. The van der Waals surface area contributed by atoms with E-state index in [0.717, 1.165) is 21.5 Å². The summed E-state index contributed by atoms with van der Waals surface area (Å²) in [5.41, 5.74) is 3.09. The van der Waals surface area contributed by atoms with Crippen LogP contribution in [-0.2, 0) is 6.54 Å². The Labute approximate surface area is 177 Å². The van der Waals surface area contributed by atoms with Gasteiger partial charge < -0.3 is 4.74 Å². The van der Waals surface area contributed by atoms with Gasteiger partial charge in [0.1, 0.15) is 11.3 Å². The van der Waals surface area contributed by atoms with Crippen molar-refractivity contribution >= 4 is 44.2 Å². The molecule has 0 fully saturated rings. The monoisotopic (exact) mass is 423 g/mol. The number of ether oxygens (including phenoxy) is 1. The molecule has 146 valence electrons. The zero-order chi connectivity index (χ0) is 20.4. The molecule has 0 atom stereocenters. The quantitative estimate of drug-likeness (QED) is 0.424. The summed E-state index contributed by atoms with van der Waals surface area (Å²) in [4.78, 5) is 24.2. The third-order valence-corrected chi connectivity index (χ3v) is 5.95. The SMILES string of the molecule is COc1ccc(C)c2sc(N(Cc3ccccn3)C(=O)c3cccc(Cl)c3)nc12. The number of carbonyl (C=O) groups is 1. The van der Waals surface area contributed by atoms with E-state index in [1.807, 2.05) is 37.3 Å². The van der Waals surface area contributed by atoms with E-state index in [1.165, 1.54) is 11.3 Å². The second-order valence-electron chi connectivity index (χ2n) is 6.48. The normalized spacial score (nSPS) is 10.9. The van der Waals surface area contributed by atoms with Crippen molar-refractivity contribution in [3.63, 3.8) is 0 Å². The van der Waals surface area contributed by atoms with Crippen molar-refractivity contribution in [3.8, 4) is 5.75 Å². The molecule has 7 heteroatoms. The Kier molecular flexibility index (Phi) is 5.47. The molecule has 2 heterocycles. The highest BCUT2D eigenvalue weighted by molar-refractivity contribution is 7.22. The summed E-state index contributed by atoms with van der Waals surface area (Å²) < 4.78 is 6.46. The number of thiazole rings is 1. The number of carbonyl (C=O) groups excluding carboxylic acids is 1. The van der Waals surface area contributed by atoms with Crippen molar-refractivity contribution in [2.45, 2.75) is 13.5 Å². The molecule has 29 heavy (non-hydrogen) atoms. The Morgan fingerprint density at radius 3 is 2.76 bits per heavy atom. The number of rotatable bonds is 5. The molecule has 0 bridgehead atoms. The topological polar surface area (TPSA) is 55.3 Å². The molecule has 0 saturated heterocycles. The van der Waals surface area contributed by atoms with Gasteiger partial charge in [0, 0.05) is 16.8 Å². The van der Waals surface area contributed by atoms with Crippen LogP contribution in [0.3, 0.4) is 0 Å². The molecule has 0 aliphatic rings. The summed E-state index contributed by atoms with van der Waals surface area (Å²) in [6, 6.07) is 16.4. The van der Waals surface area contributed by atoms with Crippen molar-refractivity contribution < 1.29 is 9.53 Å². The molecule has 0 radical (unpaired) electrons. The highest BCUT2D eigenvalue weighted by atomic mass is 35.5. The average Bonchev–Trinajstić information content (AvgIpc) is 3.19. The van der Waals surface area contributed by atoms with Crippen molar-refractivity contribution in [3.05, 3.63) is 82.6 Å². The predicted molar refractivity (Wildman–Crippen MR) is 117 cm³/mol. The van der Waals surface area contributed by atoms with E-state index < -0.39 is 0 Å². The smallest absolute Gasteiger partial charge is 0.260 e. The third kappa shape index (κ3) is 3.95. The molecule has 4 rings (SSSR count). The zero-order valence-electron chi connectivity index (χ0n) is 15.9. The standard InChI is InChI=1S/C22H18ClN3O2S/c1-14-9-10-18(28-2)19-20(14)29-22(25-19)26(13-17-8-3-4-11-24-17)21(27)15-6-5-7-16(23)12-15/h3-12H,13H2,1-2H3. The Hall–Kier alpha value is -2.96.